The zero-order valence-corrected chi connectivity index (χ0v) is 11.9. The second kappa shape index (κ2) is 6.93. The maximum Gasteiger partial charge on any atom is 0.226 e. The van der Waals surface area contributed by atoms with Gasteiger partial charge in [-0.25, -0.2) is 0 Å². The Hall–Kier alpha value is -0.830. The third-order valence-corrected chi connectivity index (χ3v) is 3.74. The Kier molecular flexibility index (Phi) is 5.86. The van der Waals surface area contributed by atoms with Crippen LogP contribution in [-0.2, 0) is 4.79 Å². The first kappa shape index (κ1) is 15.2. The Labute approximate surface area is 111 Å². The summed E-state index contributed by atoms with van der Waals surface area (Å²) in [7, 11) is 0. The molecule has 1 aliphatic rings. The molecule has 0 saturated heterocycles. The number of rotatable bonds is 7. The lowest BCUT2D eigenvalue weighted by molar-refractivity contribution is -0.130. The first-order chi connectivity index (χ1) is 8.49. The van der Waals surface area contributed by atoms with Crippen LogP contribution in [-0.4, -0.2) is 23.7 Å². The summed E-state index contributed by atoms with van der Waals surface area (Å²) in [6.07, 6.45) is 9.24. The van der Waals surface area contributed by atoms with E-state index in [9.17, 15) is 4.79 Å². The fourth-order valence-corrected chi connectivity index (χ4v) is 2.31. The Morgan fingerprint density at radius 2 is 2.11 bits per heavy atom. The van der Waals surface area contributed by atoms with Crippen LogP contribution < -0.4 is 5.32 Å². The van der Waals surface area contributed by atoms with Crippen LogP contribution in [0.25, 0.3) is 0 Å². The van der Waals surface area contributed by atoms with Gasteiger partial charge < -0.3 is 10.4 Å². The molecule has 0 aliphatic heterocycles. The molecule has 0 aromatic rings. The fourth-order valence-electron chi connectivity index (χ4n) is 2.31. The van der Waals surface area contributed by atoms with Gasteiger partial charge in [0.15, 0.2) is 0 Å². The van der Waals surface area contributed by atoms with Gasteiger partial charge in [0.2, 0.25) is 5.91 Å². The van der Waals surface area contributed by atoms with Crippen molar-refractivity contribution in [2.24, 2.45) is 11.3 Å². The first-order valence-electron chi connectivity index (χ1n) is 7.09. The summed E-state index contributed by atoms with van der Waals surface area (Å²) >= 11 is 0. The minimum absolute atomic E-state index is 0.0973. The van der Waals surface area contributed by atoms with Crippen LogP contribution >= 0.6 is 0 Å². The van der Waals surface area contributed by atoms with Crippen molar-refractivity contribution >= 4 is 5.91 Å². The highest BCUT2D eigenvalue weighted by Gasteiger charge is 2.29. The van der Waals surface area contributed by atoms with E-state index in [2.05, 4.69) is 12.2 Å². The van der Waals surface area contributed by atoms with E-state index in [4.69, 9.17) is 5.11 Å². The van der Waals surface area contributed by atoms with E-state index in [1.807, 2.05) is 26.0 Å². The van der Waals surface area contributed by atoms with Gasteiger partial charge in [0.1, 0.15) is 0 Å². The highest BCUT2D eigenvalue weighted by atomic mass is 16.3. The zero-order chi connectivity index (χ0) is 13.6. The molecule has 2 N–H and O–H groups in total. The molecule has 0 fully saturated rings. The van der Waals surface area contributed by atoms with Crippen LogP contribution in [0.1, 0.15) is 52.9 Å². The van der Waals surface area contributed by atoms with Crippen molar-refractivity contribution in [2.75, 3.05) is 6.61 Å². The number of carbonyl (C=O) groups is 1. The van der Waals surface area contributed by atoms with Gasteiger partial charge in [0, 0.05) is 24.0 Å². The standard InChI is InChI=1S/C15H27NO2/c1-4-5-6-9-15(2,3)14(18)16-13-8-7-12(10-13)11-17/h7-8,12-13,17H,4-6,9-11H2,1-3H3,(H,16,18)/t12-,13+/m0/s1. The van der Waals surface area contributed by atoms with Gasteiger partial charge in [-0.2, -0.15) is 0 Å². The van der Waals surface area contributed by atoms with Gasteiger partial charge in [-0.1, -0.05) is 52.2 Å². The molecule has 0 bridgehead atoms. The highest BCUT2D eigenvalue weighted by molar-refractivity contribution is 5.82. The Morgan fingerprint density at radius 1 is 1.39 bits per heavy atom. The summed E-state index contributed by atoms with van der Waals surface area (Å²) in [6, 6.07) is 0.0973. The third kappa shape index (κ3) is 4.45. The maximum atomic E-state index is 12.2. The minimum Gasteiger partial charge on any atom is -0.396 e. The number of aliphatic hydroxyl groups is 1. The van der Waals surface area contributed by atoms with Gasteiger partial charge in [-0.3, -0.25) is 4.79 Å². The van der Waals surface area contributed by atoms with Crippen LogP contribution in [0, 0.1) is 11.3 Å². The Balaban J connectivity index is 2.37. The van der Waals surface area contributed by atoms with Gasteiger partial charge in [0.05, 0.1) is 0 Å². The number of aliphatic hydroxyl groups excluding tert-OH is 1. The maximum absolute atomic E-state index is 12.2. The van der Waals surface area contributed by atoms with Gasteiger partial charge in [-0.05, 0) is 12.8 Å². The second-order valence-corrected chi connectivity index (χ2v) is 5.98. The predicted octanol–water partition coefficient (Wildman–Crippen LogP) is 2.65. The molecule has 104 valence electrons. The quantitative estimate of drug-likeness (QED) is 0.541. The molecular formula is C15H27NO2. The molecule has 0 saturated carbocycles. The Bertz CT molecular complexity index is 297. The average molecular weight is 253 g/mol. The number of carbonyl (C=O) groups excluding carboxylic acids is 1. The fraction of sp³-hybridized carbons (Fsp3) is 0.800. The first-order valence-corrected chi connectivity index (χ1v) is 7.09. The average Bonchev–Trinajstić information content (AvgIpc) is 2.77. The SMILES string of the molecule is CCCCCC(C)(C)C(=O)N[C@@H]1C=C[C@H](CO)C1. The summed E-state index contributed by atoms with van der Waals surface area (Å²) < 4.78 is 0. The molecule has 0 spiro atoms. The van der Waals surface area contributed by atoms with Gasteiger partial charge in [0.25, 0.3) is 0 Å². The summed E-state index contributed by atoms with van der Waals surface area (Å²) in [4.78, 5) is 12.2. The molecule has 3 nitrogen and oxygen atoms in total. The molecule has 0 radical (unpaired) electrons. The molecule has 3 heteroatoms. The lowest BCUT2D eigenvalue weighted by Crippen LogP contribution is -2.41. The number of hydrogen-bond donors (Lipinski definition) is 2. The van der Waals surface area contributed by atoms with E-state index >= 15 is 0 Å². The van der Waals surface area contributed by atoms with E-state index in [1.165, 1.54) is 12.8 Å². The van der Waals surface area contributed by atoms with Crippen molar-refractivity contribution in [2.45, 2.75) is 58.9 Å². The van der Waals surface area contributed by atoms with E-state index < -0.39 is 0 Å². The van der Waals surface area contributed by atoms with Crippen LogP contribution in [0.5, 0.6) is 0 Å². The van der Waals surface area contributed by atoms with Crippen molar-refractivity contribution in [3.8, 4) is 0 Å². The summed E-state index contributed by atoms with van der Waals surface area (Å²) in [5, 5.41) is 12.1. The second-order valence-electron chi connectivity index (χ2n) is 5.98. The van der Waals surface area contributed by atoms with Crippen molar-refractivity contribution in [1.82, 2.24) is 5.32 Å². The molecular weight excluding hydrogens is 226 g/mol. The zero-order valence-electron chi connectivity index (χ0n) is 11.9. The lowest BCUT2D eigenvalue weighted by atomic mass is 9.85. The van der Waals surface area contributed by atoms with Crippen LogP contribution in [0.4, 0.5) is 0 Å². The molecule has 0 aromatic carbocycles. The predicted molar refractivity (Wildman–Crippen MR) is 74.2 cm³/mol. The summed E-state index contributed by atoms with van der Waals surface area (Å²) in [5.74, 6) is 0.338. The minimum atomic E-state index is -0.291. The molecule has 0 aromatic heterocycles. The van der Waals surface area contributed by atoms with E-state index in [0.29, 0.717) is 0 Å². The summed E-state index contributed by atoms with van der Waals surface area (Å²) in [6.45, 7) is 6.37. The number of unbranched alkanes of at least 4 members (excludes halogenated alkanes) is 2. The largest absolute Gasteiger partial charge is 0.396 e. The number of nitrogens with one attached hydrogen (secondary N) is 1. The van der Waals surface area contributed by atoms with Gasteiger partial charge >= 0.3 is 0 Å². The third-order valence-electron chi connectivity index (χ3n) is 3.74. The Morgan fingerprint density at radius 3 is 2.67 bits per heavy atom. The van der Waals surface area contributed by atoms with Crippen LogP contribution in [0.3, 0.4) is 0 Å². The van der Waals surface area contributed by atoms with Crippen LogP contribution in [0.2, 0.25) is 0 Å². The van der Waals surface area contributed by atoms with E-state index in [1.54, 1.807) is 0 Å². The number of hydrogen-bond acceptors (Lipinski definition) is 2. The molecule has 0 unspecified atom stereocenters. The highest BCUT2D eigenvalue weighted by Crippen LogP contribution is 2.25. The van der Waals surface area contributed by atoms with Crippen molar-refractivity contribution < 1.29 is 9.90 Å². The molecule has 1 aliphatic carbocycles. The van der Waals surface area contributed by atoms with Gasteiger partial charge in [-0.15, -0.1) is 0 Å². The van der Waals surface area contributed by atoms with Crippen molar-refractivity contribution in [1.29, 1.82) is 0 Å². The van der Waals surface area contributed by atoms with Crippen molar-refractivity contribution in [3.63, 3.8) is 0 Å². The van der Waals surface area contributed by atoms with Crippen molar-refractivity contribution in [3.05, 3.63) is 12.2 Å². The molecule has 1 amide bonds. The molecule has 2 atom stereocenters. The van der Waals surface area contributed by atoms with E-state index in [0.717, 1.165) is 19.3 Å². The normalized spacial score (nSPS) is 23.3. The lowest BCUT2D eigenvalue weighted by Gasteiger charge is -2.25. The summed E-state index contributed by atoms with van der Waals surface area (Å²) in [5.41, 5.74) is -0.291. The molecule has 1 rings (SSSR count). The topological polar surface area (TPSA) is 49.3 Å². The molecule has 18 heavy (non-hydrogen) atoms. The number of amides is 1. The molecule has 0 heterocycles. The monoisotopic (exact) mass is 253 g/mol. The van der Waals surface area contributed by atoms with Crippen LogP contribution in [0.15, 0.2) is 12.2 Å². The smallest absolute Gasteiger partial charge is 0.226 e. The van der Waals surface area contributed by atoms with E-state index in [-0.39, 0.29) is 29.9 Å².